The lowest BCUT2D eigenvalue weighted by molar-refractivity contribution is -0.290. The Hall–Kier alpha value is -0.513. The summed E-state index contributed by atoms with van der Waals surface area (Å²) in [6.45, 7) is 13.7. The van der Waals surface area contributed by atoms with E-state index in [1.807, 2.05) is 0 Å². The normalized spacial score (nSPS) is 32.0. The van der Waals surface area contributed by atoms with E-state index < -0.39 is 50.9 Å². The first-order valence-electron chi connectivity index (χ1n) is 8.32. The van der Waals surface area contributed by atoms with Gasteiger partial charge in [-0.2, -0.15) is 0 Å². The first-order chi connectivity index (χ1) is 10.8. The number of esters is 1. The average Bonchev–Trinajstić information content (AvgIpc) is 2.44. The van der Waals surface area contributed by atoms with E-state index in [0.717, 1.165) is 0 Å². The van der Waals surface area contributed by atoms with Gasteiger partial charge in [0.05, 0.1) is 12.5 Å². The van der Waals surface area contributed by atoms with Crippen LogP contribution in [0.5, 0.6) is 0 Å². The van der Waals surface area contributed by atoms with Gasteiger partial charge in [0.2, 0.25) is 0 Å². The van der Waals surface area contributed by atoms with Crippen LogP contribution >= 0.6 is 0 Å². The van der Waals surface area contributed by atoms with Crippen molar-refractivity contribution in [1.29, 1.82) is 0 Å². The smallest absolute Gasteiger partial charge is 0.308 e. The van der Waals surface area contributed by atoms with E-state index >= 15 is 0 Å². The molecule has 0 aromatic rings. The van der Waals surface area contributed by atoms with Crippen LogP contribution in [0.4, 0.5) is 0 Å². The third-order valence-corrected chi connectivity index (χ3v) is 9.30. The predicted octanol–water partition coefficient (Wildman–Crippen LogP) is 1.01. The number of hydrogen-bond donors (Lipinski definition) is 3. The van der Waals surface area contributed by atoms with E-state index in [1.54, 1.807) is 13.8 Å². The molecule has 0 aromatic heterocycles. The molecular weight excluding hydrogens is 332 g/mol. The first-order valence-corrected chi connectivity index (χ1v) is 11.2. The second-order valence-corrected chi connectivity index (χ2v) is 13.0. The summed E-state index contributed by atoms with van der Waals surface area (Å²) in [6, 6.07) is 0. The molecule has 24 heavy (non-hydrogen) atoms. The topological polar surface area (TPSA) is 105 Å². The summed E-state index contributed by atoms with van der Waals surface area (Å²) in [5, 5.41) is 30.4. The molecule has 8 heteroatoms. The van der Waals surface area contributed by atoms with Crippen LogP contribution in [-0.2, 0) is 18.7 Å². The lowest BCUT2D eigenvalue weighted by Crippen LogP contribution is -2.60. The number of carbonyl (C=O) groups excluding carboxylic acids is 1. The number of hydrogen-bond acceptors (Lipinski definition) is 7. The fourth-order valence-electron chi connectivity index (χ4n) is 1.96. The van der Waals surface area contributed by atoms with Crippen molar-refractivity contribution in [2.24, 2.45) is 5.92 Å². The fourth-order valence-corrected chi connectivity index (χ4v) is 2.98. The van der Waals surface area contributed by atoms with Gasteiger partial charge in [-0.1, -0.05) is 34.6 Å². The molecule has 1 rings (SSSR count). The minimum atomic E-state index is -2.06. The molecule has 0 bridgehead atoms. The monoisotopic (exact) mass is 364 g/mol. The highest BCUT2D eigenvalue weighted by Crippen LogP contribution is 2.37. The number of carbonyl (C=O) groups is 1. The molecule has 7 nitrogen and oxygen atoms in total. The standard InChI is InChI=1S/C16H32O7Si/c1-9(2)14(19)23-13-12(18)11(17)10(22-15(13)20)8-21-24(6,7)16(3,4)5/h9-13,15,17-18,20H,8H2,1-7H3/t10-,11-,12+,13-,15+/m1/s1. The van der Waals surface area contributed by atoms with Crippen molar-refractivity contribution in [2.45, 2.75) is 83.5 Å². The van der Waals surface area contributed by atoms with Gasteiger partial charge in [0.25, 0.3) is 0 Å². The molecule has 0 amide bonds. The van der Waals surface area contributed by atoms with Crippen LogP contribution in [0.3, 0.4) is 0 Å². The zero-order chi connectivity index (χ0) is 18.9. The highest BCUT2D eigenvalue weighted by atomic mass is 28.4. The van der Waals surface area contributed by atoms with Crippen molar-refractivity contribution in [2.75, 3.05) is 6.61 Å². The summed E-state index contributed by atoms with van der Waals surface area (Å²) in [5.74, 6) is -0.994. The third-order valence-electron chi connectivity index (χ3n) is 4.80. The highest BCUT2D eigenvalue weighted by Gasteiger charge is 2.47. The summed E-state index contributed by atoms with van der Waals surface area (Å²) in [4.78, 5) is 11.7. The molecule has 142 valence electrons. The maximum absolute atomic E-state index is 11.7. The molecule has 1 fully saturated rings. The van der Waals surface area contributed by atoms with Gasteiger partial charge in [-0.05, 0) is 18.1 Å². The van der Waals surface area contributed by atoms with Gasteiger partial charge in [0.1, 0.15) is 18.3 Å². The Labute approximate surface area is 145 Å². The van der Waals surface area contributed by atoms with Gasteiger partial charge in [0.15, 0.2) is 20.7 Å². The molecule has 1 saturated heterocycles. The van der Waals surface area contributed by atoms with Crippen molar-refractivity contribution in [1.82, 2.24) is 0 Å². The van der Waals surface area contributed by atoms with Crippen LogP contribution < -0.4 is 0 Å². The summed E-state index contributed by atoms with van der Waals surface area (Å²) in [6.07, 6.45) is -6.48. The Morgan fingerprint density at radius 1 is 1.17 bits per heavy atom. The molecule has 1 heterocycles. The van der Waals surface area contributed by atoms with Crippen LogP contribution in [0, 0.1) is 5.92 Å². The van der Waals surface area contributed by atoms with Crippen LogP contribution in [-0.4, -0.2) is 66.9 Å². The number of aliphatic hydroxyl groups is 3. The number of aliphatic hydroxyl groups excluding tert-OH is 3. The molecule has 0 aliphatic carbocycles. The Morgan fingerprint density at radius 2 is 1.71 bits per heavy atom. The van der Waals surface area contributed by atoms with E-state index in [9.17, 15) is 20.1 Å². The van der Waals surface area contributed by atoms with Crippen molar-refractivity contribution in [3.05, 3.63) is 0 Å². The van der Waals surface area contributed by atoms with Crippen molar-refractivity contribution in [3.8, 4) is 0 Å². The molecule has 0 unspecified atom stereocenters. The molecule has 1 aliphatic rings. The second-order valence-electron chi connectivity index (χ2n) is 8.17. The highest BCUT2D eigenvalue weighted by molar-refractivity contribution is 6.74. The molecule has 3 N–H and O–H groups in total. The van der Waals surface area contributed by atoms with Gasteiger partial charge >= 0.3 is 5.97 Å². The summed E-state index contributed by atoms with van der Waals surface area (Å²) < 4.78 is 16.4. The van der Waals surface area contributed by atoms with E-state index in [1.165, 1.54) is 0 Å². The molecular formula is C16H32O7Si. The zero-order valence-electron chi connectivity index (χ0n) is 15.6. The average molecular weight is 365 g/mol. The maximum Gasteiger partial charge on any atom is 0.308 e. The number of ether oxygens (including phenoxy) is 2. The van der Waals surface area contributed by atoms with Crippen LogP contribution in [0.2, 0.25) is 18.1 Å². The SMILES string of the molecule is CC(C)C(=O)O[C@@H]1[C@@H](O)[C@H](O)[C@@H](CO[Si](C)(C)C(C)(C)C)O[C@@H]1O. The lowest BCUT2D eigenvalue weighted by atomic mass is 9.99. The van der Waals surface area contributed by atoms with Gasteiger partial charge in [-0.25, -0.2) is 0 Å². The lowest BCUT2D eigenvalue weighted by Gasteiger charge is -2.42. The van der Waals surface area contributed by atoms with E-state index in [4.69, 9.17) is 13.9 Å². The predicted molar refractivity (Wildman–Crippen MR) is 90.8 cm³/mol. The quantitative estimate of drug-likeness (QED) is 0.494. The Balaban J connectivity index is 2.71. The van der Waals surface area contributed by atoms with Crippen molar-refractivity contribution >= 4 is 14.3 Å². The maximum atomic E-state index is 11.7. The van der Waals surface area contributed by atoms with Gasteiger partial charge in [0, 0.05) is 0 Å². The molecule has 5 atom stereocenters. The largest absolute Gasteiger partial charge is 0.454 e. The molecule has 0 radical (unpaired) electrons. The van der Waals surface area contributed by atoms with E-state index in [2.05, 4.69) is 33.9 Å². The van der Waals surface area contributed by atoms with Crippen LogP contribution in [0.25, 0.3) is 0 Å². The Morgan fingerprint density at radius 3 is 2.17 bits per heavy atom. The molecule has 1 aliphatic heterocycles. The van der Waals surface area contributed by atoms with Crippen molar-refractivity contribution in [3.63, 3.8) is 0 Å². The third kappa shape index (κ3) is 5.00. The van der Waals surface area contributed by atoms with E-state index in [-0.39, 0.29) is 11.6 Å². The van der Waals surface area contributed by atoms with E-state index in [0.29, 0.717) is 0 Å². The van der Waals surface area contributed by atoms with Gasteiger partial charge < -0.3 is 29.2 Å². The number of rotatable bonds is 5. The zero-order valence-corrected chi connectivity index (χ0v) is 16.6. The first kappa shape index (κ1) is 21.5. The second kappa shape index (κ2) is 7.80. The summed E-state index contributed by atoms with van der Waals surface area (Å²) >= 11 is 0. The van der Waals surface area contributed by atoms with Gasteiger partial charge in [-0.15, -0.1) is 0 Å². The molecule has 0 saturated carbocycles. The summed E-state index contributed by atoms with van der Waals surface area (Å²) in [7, 11) is -2.06. The summed E-state index contributed by atoms with van der Waals surface area (Å²) in [5.41, 5.74) is 0. The Kier molecular flexibility index (Phi) is 7.00. The minimum Gasteiger partial charge on any atom is -0.454 e. The minimum absolute atomic E-state index is 0.0147. The van der Waals surface area contributed by atoms with Crippen LogP contribution in [0.1, 0.15) is 34.6 Å². The van der Waals surface area contributed by atoms with Crippen LogP contribution in [0.15, 0.2) is 0 Å². The molecule has 0 aromatic carbocycles. The Bertz CT molecular complexity index is 433. The van der Waals surface area contributed by atoms with Gasteiger partial charge in [-0.3, -0.25) is 4.79 Å². The van der Waals surface area contributed by atoms with Crippen molar-refractivity contribution < 1.29 is 34.0 Å². The fraction of sp³-hybridized carbons (Fsp3) is 0.938. The molecule has 0 spiro atoms.